The second kappa shape index (κ2) is 9.02. The zero-order chi connectivity index (χ0) is 26.6. The summed E-state index contributed by atoms with van der Waals surface area (Å²) in [7, 11) is 0. The van der Waals surface area contributed by atoms with Gasteiger partial charge in [0.25, 0.3) is 0 Å². The highest BCUT2D eigenvalue weighted by molar-refractivity contribution is 5.64. The molecular weight excluding hydrogens is 505 g/mol. The molecule has 0 unspecified atom stereocenters. The molecule has 3 saturated heterocycles. The summed E-state index contributed by atoms with van der Waals surface area (Å²) < 4.78 is 115. The zero-order valence-corrected chi connectivity index (χ0v) is 19.5. The summed E-state index contributed by atoms with van der Waals surface area (Å²) in [6.45, 7) is 3.22. The summed E-state index contributed by atoms with van der Waals surface area (Å²) in [4.78, 5) is 0. The number of rotatable bonds is 6. The van der Waals surface area contributed by atoms with Gasteiger partial charge in [0.15, 0.2) is 23.2 Å². The summed E-state index contributed by atoms with van der Waals surface area (Å²) in [5.41, 5.74) is -0.703. The maximum absolute atomic E-state index is 14.7. The first-order valence-corrected chi connectivity index (χ1v) is 11.6. The van der Waals surface area contributed by atoms with Crippen LogP contribution in [0, 0.1) is 34.5 Å². The standard InChI is InChI=1S/C27H21F7O3/c1-2-25-7-8-26(35-13-25,36-14-25)17-5-3-15(4-6-17)16-9-19(28)23(20(29)10-16)27(33,34)37-18-11-21(30)24(32)22(31)12-18/h3-6,9-12H,2,7-8,13-14H2,1H3. The predicted molar refractivity (Wildman–Crippen MR) is 118 cm³/mol. The molecule has 3 fully saturated rings. The van der Waals surface area contributed by atoms with Crippen molar-refractivity contribution in [2.24, 2.45) is 5.41 Å². The van der Waals surface area contributed by atoms with Crippen LogP contribution in [0.2, 0.25) is 0 Å². The van der Waals surface area contributed by atoms with Gasteiger partial charge in [-0.15, -0.1) is 0 Å². The number of hydrogen-bond donors (Lipinski definition) is 0. The lowest BCUT2D eigenvalue weighted by Crippen LogP contribution is -2.53. The molecule has 0 N–H and O–H groups in total. The molecule has 196 valence electrons. The van der Waals surface area contributed by atoms with Gasteiger partial charge in [0.05, 0.1) is 13.2 Å². The first-order chi connectivity index (χ1) is 17.5. The molecule has 3 aliphatic rings. The van der Waals surface area contributed by atoms with Crippen LogP contribution in [0.25, 0.3) is 11.1 Å². The van der Waals surface area contributed by atoms with E-state index < -0.39 is 52.3 Å². The minimum atomic E-state index is -4.66. The Balaban J connectivity index is 1.39. The van der Waals surface area contributed by atoms with Crippen LogP contribution in [0.5, 0.6) is 5.75 Å². The molecule has 0 spiro atoms. The lowest BCUT2D eigenvalue weighted by Gasteiger charge is -2.52. The van der Waals surface area contributed by atoms with Crippen molar-refractivity contribution in [1.29, 1.82) is 0 Å². The fourth-order valence-corrected chi connectivity index (χ4v) is 4.76. The van der Waals surface area contributed by atoms with Crippen molar-refractivity contribution in [3.63, 3.8) is 0 Å². The highest BCUT2D eigenvalue weighted by Gasteiger charge is 2.51. The van der Waals surface area contributed by atoms with Crippen LogP contribution < -0.4 is 4.74 Å². The molecule has 0 amide bonds. The van der Waals surface area contributed by atoms with E-state index in [9.17, 15) is 30.7 Å². The number of alkyl halides is 2. The normalized spacial score (nSPS) is 23.4. The van der Waals surface area contributed by atoms with Crippen LogP contribution >= 0.6 is 0 Å². The van der Waals surface area contributed by atoms with Crippen LogP contribution in [0.3, 0.4) is 0 Å². The Bertz CT molecular complexity index is 1270. The molecule has 6 rings (SSSR count). The molecule has 0 saturated carbocycles. The average Bonchev–Trinajstić information content (AvgIpc) is 2.87. The molecule has 3 aliphatic heterocycles. The van der Waals surface area contributed by atoms with Gasteiger partial charge < -0.3 is 14.2 Å². The third-order valence-corrected chi connectivity index (χ3v) is 7.15. The molecular formula is C27H21F7O3. The number of ether oxygens (including phenoxy) is 3. The van der Waals surface area contributed by atoms with E-state index in [1.54, 1.807) is 24.3 Å². The van der Waals surface area contributed by atoms with Crippen LogP contribution in [0.15, 0.2) is 48.5 Å². The van der Waals surface area contributed by atoms with Gasteiger partial charge in [-0.3, -0.25) is 0 Å². The van der Waals surface area contributed by atoms with E-state index in [2.05, 4.69) is 11.7 Å². The summed E-state index contributed by atoms with van der Waals surface area (Å²) >= 11 is 0. The van der Waals surface area contributed by atoms with Crippen molar-refractivity contribution in [3.8, 4) is 16.9 Å². The topological polar surface area (TPSA) is 27.7 Å². The second-order valence-electron chi connectivity index (χ2n) is 9.40. The highest BCUT2D eigenvalue weighted by Crippen LogP contribution is 2.50. The number of hydrogen-bond acceptors (Lipinski definition) is 3. The van der Waals surface area contributed by atoms with Crippen LogP contribution in [0.1, 0.15) is 37.3 Å². The quantitative estimate of drug-likeness (QED) is 0.245. The Kier molecular flexibility index (Phi) is 6.23. The fourth-order valence-electron chi connectivity index (χ4n) is 4.76. The minimum absolute atomic E-state index is 0.0172. The Morgan fingerprint density at radius 1 is 0.784 bits per heavy atom. The van der Waals surface area contributed by atoms with E-state index in [0.29, 0.717) is 37.3 Å². The molecule has 0 aromatic heterocycles. The number of benzene rings is 3. The second-order valence-corrected chi connectivity index (χ2v) is 9.40. The largest absolute Gasteiger partial charge is 0.432 e. The van der Waals surface area contributed by atoms with Crippen LogP contribution in [-0.4, -0.2) is 13.2 Å². The summed E-state index contributed by atoms with van der Waals surface area (Å²) in [6.07, 6.45) is -2.11. The van der Waals surface area contributed by atoms with Gasteiger partial charge in [-0.2, -0.15) is 8.78 Å². The summed E-state index contributed by atoms with van der Waals surface area (Å²) in [5, 5.41) is 0. The zero-order valence-electron chi connectivity index (χ0n) is 19.5. The van der Waals surface area contributed by atoms with Crippen molar-refractivity contribution in [2.45, 2.75) is 38.1 Å². The Labute approximate surface area is 207 Å². The third kappa shape index (κ3) is 4.46. The molecule has 0 aliphatic carbocycles. The molecule has 3 aromatic rings. The first kappa shape index (κ1) is 25.5. The molecule has 3 heterocycles. The monoisotopic (exact) mass is 526 g/mol. The molecule has 3 aromatic carbocycles. The van der Waals surface area contributed by atoms with Crippen LogP contribution in [-0.2, 0) is 21.4 Å². The summed E-state index contributed by atoms with van der Waals surface area (Å²) in [6, 6.07) is 8.20. The average molecular weight is 526 g/mol. The van der Waals surface area contributed by atoms with E-state index in [1.807, 2.05) is 0 Å². The first-order valence-electron chi connectivity index (χ1n) is 11.6. The van der Waals surface area contributed by atoms with E-state index >= 15 is 0 Å². The van der Waals surface area contributed by atoms with E-state index in [0.717, 1.165) is 18.4 Å². The Morgan fingerprint density at radius 2 is 1.35 bits per heavy atom. The molecule has 37 heavy (non-hydrogen) atoms. The van der Waals surface area contributed by atoms with Crippen molar-refractivity contribution >= 4 is 0 Å². The summed E-state index contributed by atoms with van der Waals surface area (Å²) in [5.74, 6) is -10.8. The third-order valence-electron chi connectivity index (χ3n) is 7.15. The lowest BCUT2D eigenvalue weighted by molar-refractivity contribution is -0.350. The molecule has 2 bridgehead atoms. The molecule has 0 atom stereocenters. The molecule has 0 radical (unpaired) electrons. The maximum Gasteiger partial charge on any atom is 0.432 e. The number of halogens is 7. The van der Waals surface area contributed by atoms with E-state index in [4.69, 9.17) is 9.47 Å². The Hall–Kier alpha value is -3.11. The van der Waals surface area contributed by atoms with Crippen molar-refractivity contribution in [1.82, 2.24) is 0 Å². The fraction of sp³-hybridized carbons (Fsp3) is 0.333. The smallest absolute Gasteiger partial charge is 0.429 e. The van der Waals surface area contributed by atoms with Gasteiger partial charge in [-0.25, -0.2) is 22.0 Å². The van der Waals surface area contributed by atoms with Gasteiger partial charge in [0.1, 0.15) is 22.9 Å². The SMILES string of the molecule is CCC12CCC(c3ccc(-c4cc(F)c(C(F)(F)Oc5cc(F)c(F)c(F)c5)c(F)c4)cc3)(OC1)OC2. The van der Waals surface area contributed by atoms with Gasteiger partial charge in [0.2, 0.25) is 0 Å². The van der Waals surface area contributed by atoms with Crippen molar-refractivity contribution in [2.75, 3.05) is 13.2 Å². The molecule has 3 nitrogen and oxygen atoms in total. The van der Waals surface area contributed by atoms with Crippen LogP contribution in [0.4, 0.5) is 30.7 Å². The minimum Gasteiger partial charge on any atom is -0.429 e. The predicted octanol–water partition coefficient (Wildman–Crippen LogP) is 7.57. The lowest BCUT2D eigenvalue weighted by atomic mass is 9.75. The van der Waals surface area contributed by atoms with Gasteiger partial charge in [-0.1, -0.05) is 31.2 Å². The Morgan fingerprint density at radius 3 is 1.84 bits per heavy atom. The van der Waals surface area contributed by atoms with Crippen molar-refractivity contribution in [3.05, 3.63) is 88.7 Å². The van der Waals surface area contributed by atoms with Crippen molar-refractivity contribution < 1.29 is 44.9 Å². The van der Waals surface area contributed by atoms with E-state index in [-0.39, 0.29) is 23.1 Å². The number of fused-ring (bicyclic) bond motifs is 3. The maximum atomic E-state index is 14.7. The van der Waals surface area contributed by atoms with Gasteiger partial charge >= 0.3 is 6.11 Å². The molecule has 10 heteroatoms. The highest BCUT2D eigenvalue weighted by atomic mass is 19.3. The van der Waals surface area contributed by atoms with Gasteiger partial charge in [0, 0.05) is 29.5 Å². The van der Waals surface area contributed by atoms with Gasteiger partial charge in [-0.05, 0) is 36.1 Å². The van der Waals surface area contributed by atoms with E-state index in [1.165, 1.54) is 0 Å².